The van der Waals surface area contributed by atoms with Crippen molar-refractivity contribution in [2.24, 2.45) is 0 Å². The molecular formula is C16H10BrFO2. The molecule has 0 aliphatic rings. The summed E-state index contributed by atoms with van der Waals surface area (Å²) < 4.78 is 19.8. The molecule has 1 aromatic heterocycles. The maximum Gasteiger partial charge on any atom is 0.228 e. The summed E-state index contributed by atoms with van der Waals surface area (Å²) in [6.07, 6.45) is 0. The van der Waals surface area contributed by atoms with Crippen molar-refractivity contribution in [3.8, 4) is 0 Å². The van der Waals surface area contributed by atoms with E-state index >= 15 is 0 Å². The van der Waals surface area contributed by atoms with Crippen molar-refractivity contribution in [1.29, 1.82) is 0 Å². The summed E-state index contributed by atoms with van der Waals surface area (Å²) >= 11 is 3.34. The van der Waals surface area contributed by atoms with E-state index in [9.17, 15) is 9.18 Å². The number of hydrogen-bond acceptors (Lipinski definition) is 2. The standard InChI is InChI=1S/C16H10BrFO2/c1-9-5-6-11(17)8-12(9)15(19)14-7-10-3-2-4-13(18)16(10)20-14/h2-8H,1H3. The summed E-state index contributed by atoms with van der Waals surface area (Å²) in [7, 11) is 0. The molecule has 100 valence electrons. The molecule has 0 bridgehead atoms. The topological polar surface area (TPSA) is 30.2 Å². The van der Waals surface area contributed by atoms with E-state index in [4.69, 9.17) is 4.42 Å². The van der Waals surface area contributed by atoms with Crippen LogP contribution in [0.4, 0.5) is 4.39 Å². The quantitative estimate of drug-likeness (QED) is 0.626. The van der Waals surface area contributed by atoms with Crippen molar-refractivity contribution < 1.29 is 13.6 Å². The first kappa shape index (κ1) is 13.1. The summed E-state index contributed by atoms with van der Waals surface area (Å²) in [4.78, 5) is 12.5. The summed E-state index contributed by atoms with van der Waals surface area (Å²) in [6, 6.07) is 11.6. The highest BCUT2D eigenvalue weighted by atomic mass is 79.9. The fourth-order valence-corrected chi connectivity index (χ4v) is 2.47. The smallest absolute Gasteiger partial charge is 0.228 e. The lowest BCUT2D eigenvalue weighted by Gasteiger charge is -2.03. The second kappa shape index (κ2) is 4.87. The van der Waals surface area contributed by atoms with Crippen LogP contribution in [0.15, 0.2) is 51.4 Å². The number of carbonyl (C=O) groups excluding carboxylic acids is 1. The minimum Gasteiger partial charge on any atom is -0.449 e. The van der Waals surface area contributed by atoms with E-state index in [1.807, 2.05) is 19.1 Å². The van der Waals surface area contributed by atoms with E-state index in [2.05, 4.69) is 15.9 Å². The SMILES string of the molecule is Cc1ccc(Br)cc1C(=O)c1cc2cccc(F)c2o1. The molecule has 2 nitrogen and oxygen atoms in total. The van der Waals surface area contributed by atoms with Gasteiger partial charge >= 0.3 is 0 Å². The number of carbonyl (C=O) groups is 1. The summed E-state index contributed by atoms with van der Waals surface area (Å²) in [5, 5.41) is 0.584. The van der Waals surface area contributed by atoms with Gasteiger partial charge in [-0.2, -0.15) is 0 Å². The van der Waals surface area contributed by atoms with Crippen molar-refractivity contribution in [3.63, 3.8) is 0 Å². The predicted octanol–water partition coefficient (Wildman–Crippen LogP) is 4.87. The van der Waals surface area contributed by atoms with Crippen LogP contribution in [-0.2, 0) is 0 Å². The number of fused-ring (bicyclic) bond motifs is 1. The van der Waals surface area contributed by atoms with Crippen molar-refractivity contribution in [2.45, 2.75) is 6.92 Å². The van der Waals surface area contributed by atoms with Crippen LogP contribution in [0, 0.1) is 12.7 Å². The molecule has 0 saturated carbocycles. The van der Waals surface area contributed by atoms with Gasteiger partial charge in [0.25, 0.3) is 0 Å². The summed E-state index contributed by atoms with van der Waals surface area (Å²) in [5.74, 6) is -0.571. The predicted molar refractivity (Wildman–Crippen MR) is 78.5 cm³/mol. The lowest BCUT2D eigenvalue weighted by molar-refractivity contribution is 0.101. The Morgan fingerprint density at radius 2 is 2.00 bits per heavy atom. The summed E-state index contributed by atoms with van der Waals surface area (Å²) in [6.45, 7) is 1.85. The molecule has 0 radical (unpaired) electrons. The third-order valence-corrected chi connectivity index (χ3v) is 3.66. The highest BCUT2D eigenvalue weighted by Crippen LogP contribution is 2.25. The third-order valence-electron chi connectivity index (χ3n) is 3.16. The van der Waals surface area contributed by atoms with E-state index in [-0.39, 0.29) is 17.1 Å². The Balaban J connectivity index is 2.13. The zero-order valence-corrected chi connectivity index (χ0v) is 12.2. The molecule has 4 heteroatoms. The van der Waals surface area contributed by atoms with Crippen molar-refractivity contribution in [1.82, 2.24) is 0 Å². The molecule has 0 spiro atoms. The van der Waals surface area contributed by atoms with Crippen molar-refractivity contribution in [2.75, 3.05) is 0 Å². The highest BCUT2D eigenvalue weighted by molar-refractivity contribution is 9.10. The Bertz CT molecular complexity index is 820. The molecular weight excluding hydrogens is 323 g/mol. The molecule has 0 aliphatic carbocycles. The molecule has 1 heterocycles. The Labute approximate surface area is 123 Å². The van der Waals surface area contributed by atoms with Crippen LogP contribution in [0.2, 0.25) is 0 Å². The molecule has 0 atom stereocenters. The monoisotopic (exact) mass is 332 g/mol. The van der Waals surface area contributed by atoms with Crippen LogP contribution >= 0.6 is 15.9 Å². The molecule has 0 saturated heterocycles. The van der Waals surface area contributed by atoms with Gasteiger partial charge in [-0.3, -0.25) is 4.79 Å². The number of para-hydroxylation sites is 1. The first-order valence-corrected chi connectivity index (χ1v) is 6.84. The Hall–Kier alpha value is -1.94. The van der Waals surface area contributed by atoms with Gasteiger partial charge in [-0.25, -0.2) is 4.39 Å². The Kier molecular flexibility index (Phi) is 3.18. The van der Waals surface area contributed by atoms with Crippen molar-refractivity contribution >= 4 is 32.7 Å². The number of furan rings is 1. The fraction of sp³-hybridized carbons (Fsp3) is 0.0625. The van der Waals surface area contributed by atoms with E-state index in [0.29, 0.717) is 10.9 Å². The molecule has 0 fully saturated rings. The maximum absolute atomic E-state index is 13.6. The minimum absolute atomic E-state index is 0.114. The van der Waals surface area contributed by atoms with Crippen molar-refractivity contribution in [3.05, 3.63) is 69.6 Å². The van der Waals surface area contributed by atoms with Gasteiger partial charge in [-0.05, 0) is 36.8 Å². The number of hydrogen-bond donors (Lipinski definition) is 0. The van der Waals surface area contributed by atoms with E-state index < -0.39 is 5.82 Å². The molecule has 3 rings (SSSR count). The number of benzene rings is 2. The average molecular weight is 333 g/mol. The third kappa shape index (κ3) is 2.16. The van der Waals surface area contributed by atoms with Gasteiger partial charge in [0.1, 0.15) is 0 Å². The molecule has 0 unspecified atom stereocenters. The molecule has 0 N–H and O–H groups in total. The van der Waals surface area contributed by atoms with E-state index in [0.717, 1.165) is 10.0 Å². The molecule has 20 heavy (non-hydrogen) atoms. The molecule has 0 amide bonds. The average Bonchev–Trinajstić information content (AvgIpc) is 2.86. The first-order chi connectivity index (χ1) is 9.56. The lowest BCUT2D eigenvalue weighted by atomic mass is 10.0. The molecule has 2 aromatic carbocycles. The first-order valence-electron chi connectivity index (χ1n) is 6.05. The number of aryl methyl sites for hydroxylation is 1. The zero-order valence-electron chi connectivity index (χ0n) is 10.6. The Morgan fingerprint density at radius 1 is 1.20 bits per heavy atom. The van der Waals surface area contributed by atoms with Gasteiger partial charge in [0.05, 0.1) is 0 Å². The van der Waals surface area contributed by atoms with E-state index in [1.165, 1.54) is 6.07 Å². The fourth-order valence-electron chi connectivity index (χ4n) is 2.11. The Morgan fingerprint density at radius 3 is 2.75 bits per heavy atom. The van der Waals surface area contributed by atoms with Gasteiger partial charge in [0, 0.05) is 15.4 Å². The second-order valence-corrected chi connectivity index (χ2v) is 5.47. The number of rotatable bonds is 2. The van der Waals surface area contributed by atoms with Crippen LogP contribution < -0.4 is 0 Å². The maximum atomic E-state index is 13.6. The largest absolute Gasteiger partial charge is 0.449 e. The molecule has 3 aromatic rings. The van der Waals surface area contributed by atoms with Gasteiger partial charge < -0.3 is 4.42 Å². The van der Waals surface area contributed by atoms with Crippen LogP contribution in [-0.4, -0.2) is 5.78 Å². The van der Waals surface area contributed by atoms with Crippen LogP contribution in [0.5, 0.6) is 0 Å². The van der Waals surface area contributed by atoms with Gasteiger partial charge in [-0.1, -0.05) is 34.1 Å². The van der Waals surface area contributed by atoms with Gasteiger partial charge in [-0.15, -0.1) is 0 Å². The van der Waals surface area contributed by atoms with Crippen LogP contribution in [0.1, 0.15) is 21.7 Å². The molecule has 0 aliphatic heterocycles. The van der Waals surface area contributed by atoms with E-state index in [1.54, 1.807) is 24.3 Å². The number of halogens is 2. The minimum atomic E-state index is -0.465. The van der Waals surface area contributed by atoms with Gasteiger partial charge in [0.2, 0.25) is 5.78 Å². The lowest BCUT2D eigenvalue weighted by Crippen LogP contribution is -2.02. The van der Waals surface area contributed by atoms with Crippen LogP contribution in [0.3, 0.4) is 0 Å². The zero-order chi connectivity index (χ0) is 14.3. The van der Waals surface area contributed by atoms with Crippen LogP contribution in [0.25, 0.3) is 11.0 Å². The normalized spacial score (nSPS) is 10.9. The second-order valence-electron chi connectivity index (χ2n) is 4.56. The highest BCUT2D eigenvalue weighted by Gasteiger charge is 2.18. The summed E-state index contributed by atoms with van der Waals surface area (Å²) in [5.41, 5.74) is 1.50. The van der Waals surface area contributed by atoms with Gasteiger partial charge in [0.15, 0.2) is 17.2 Å². The number of ketones is 1.